The summed E-state index contributed by atoms with van der Waals surface area (Å²) in [5.74, 6) is 0.520. The summed E-state index contributed by atoms with van der Waals surface area (Å²) in [6, 6.07) is 16.0. The second-order valence-electron chi connectivity index (χ2n) is 10.1. The molecule has 0 aliphatic carbocycles. The highest BCUT2D eigenvalue weighted by Gasteiger charge is 2.33. The number of carbonyl (C=O) groups excluding carboxylic acids is 1. The molecule has 7 nitrogen and oxygen atoms in total. The van der Waals surface area contributed by atoms with Crippen LogP contribution in [0.5, 0.6) is 0 Å². The molecule has 2 saturated heterocycles. The molecule has 9 heteroatoms. The Morgan fingerprint density at radius 1 is 0.949 bits per heavy atom. The Morgan fingerprint density at radius 3 is 2.46 bits per heavy atom. The number of piperazine rings is 1. The third-order valence-electron chi connectivity index (χ3n) is 7.30. The number of fused-ring (bicyclic) bond motifs is 1. The summed E-state index contributed by atoms with van der Waals surface area (Å²) in [5.41, 5.74) is 2.16. The monoisotopic (exact) mass is 561 g/mol. The molecule has 5 rings (SSSR count). The lowest BCUT2D eigenvalue weighted by Crippen LogP contribution is -2.47. The van der Waals surface area contributed by atoms with Crippen molar-refractivity contribution in [2.75, 3.05) is 37.6 Å². The highest BCUT2D eigenvalue weighted by molar-refractivity contribution is 8.26. The van der Waals surface area contributed by atoms with E-state index in [1.165, 1.54) is 36.6 Å². The van der Waals surface area contributed by atoms with E-state index in [1.807, 2.05) is 24.3 Å². The van der Waals surface area contributed by atoms with Crippen molar-refractivity contribution < 1.29 is 4.79 Å². The Bertz CT molecular complexity index is 1410. The van der Waals surface area contributed by atoms with Crippen LogP contribution < -0.4 is 10.5 Å². The van der Waals surface area contributed by atoms with Crippen molar-refractivity contribution >= 4 is 51.7 Å². The van der Waals surface area contributed by atoms with Crippen molar-refractivity contribution in [1.29, 1.82) is 0 Å². The van der Waals surface area contributed by atoms with Crippen molar-refractivity contribution in [2.45, 2.75) is 45.6 Å². The minimum Gasteiger partial charge on any atom is -0.353 e. The zero-order valence-corrected chi connectivity index (χ0v) is 24.1. The number of thioether (sulfide) groups is 1. The summed E-state index contributed by atoms with van der Waals surface area (Å²) in [5, 5.41) is 0. The number of amides is 1. The number of rotatable bonds is 10. The highest BCUT2D eigenvalue weighted by atomic mass is 32.2. The number of thiocarbonyl (C=S) groups is 1. The minimum absolute atomic E-state index is 0.114. The van der Waals surface area contributed by atoms with Gasteiger partial charge in [-0.15, -0.1) is 0 Å². The molecule has 0 atom stereocenters. The van der Waals surface area contributed by atoms with E-state index < -0.39 is 0 Å². The highest BCUT2D eigenvalue weighted by Crippen LogP contribution is 2.34. The SMILES string of the molecule is CCCCCCCN1C(=O)C(=Cc2c(N3CCN(Cc4ccccc4)CC3)nc3ccccn3c2=O)SC1=S. The van der Waals surface area contributed by atoms with Crippen LogP contribution in [0.25, 0.3) is 11.7 Å². The predicted octanol–water partition coefficient (Wildman–Crippen LogP) is 5.19. The molecular weight excluding hydrogens is 526 g/mol. The molecule has 0 radical (unpaired) electrons. The minimum atomic E-state index is -0.174. The first-order valence-electron chi connectivity index (χ1n) is 13.8. The van der Waals surface area contributed by atoms with E-state index in [4.69, 9.17) is 17.2 Å². The fraction of sp³-hybridized carbons (Fsp3) is 0.400. The molecule has 0 unspecified atom stereocenters. The van der Waals surface area contributed by atoms with Gasteiger partial charge in [-0.05, 0) is 30.2 Å². The van der Waals surface area contributed by atoms with Crippen LogP contribution in [-0.2, 0) is 11.3 Å². The molecule has 2 aliphatic rings. The van der Waals surface area contributed by atoms with Gasteiger partial charge in [-0.1, -0.05) is 93.0 Å². The third-order valence-corrected chi connectivity index (χ3v) is 8.68. The average molecular weight is 562 g/mol. The van der Waals surface area contributed by atoms with E-state index in [2.05, 4.69) is 41.0 Å². The first kappa shape index (κ1) is 27.6. The van der Waals surface area contributed by atoms with Crippen molar-refractivity contribution in [1.82, 2.24) is 19.2 Å². The second kappa shape index (κ2) is 12.9. The molecule has 0 saturated carbocycles. The van der Waals surface area contributed by atoms with Gasteiger partial charge in [-0.2, -0.15) is 0 Å². The zero-order chi connectivity index (χ0) is 27.2. The number of anilines is 1. The van der Waals surface area contributed by atoms with Gasteiger partial charge in [0, 0.05) is 45.5 Å². The van der Waals surface area contributed by atoms with Gasteiger partial charge in [0.25, 0.3) is 11.5 Å². The van der Waals surface area contributed by atoms with Crippen LogP contribution in [0.2, 0.25) is 0 Å². The molecule has 0 spiro atoms. The molecule has 2 aromatic heterocycles. The Hall–Kier alpha value is -3.01. The second-order valence-corrected chi connectivity index (χ2v) is 11.8. The summed E-state index contributed by atoms with van der Waals surface area (Å²) >= 11 is 6.84. The molecule has 1 amide bonds. The van der Waals surface area contributed by atoms with E-state index in [1.54, 1.807) is 21.6 Å². The quantitative estimate of drug-likeness (QED) is 0.192. The maximum atomic E-state index is 13.7. The summed E-state index contributed by atoms with van der Waals surface area (Å²) < 4.78 is 2.11. The van der Waals surface area contributed by atoms with Crippen molar-refractivity contribution in [3.05, 3.63) is 81.1 Å². The smallest absolute Gasteiger partial charge is 0.267 e. The van der Waals surface area contributed by atoms with Gasteiger partial charge in [0.2, 0.25) is 0 Å². The fourth-order valence-corrected chi connectivity index (χ4v) is 6.41. The maximum absolute atomic E-state index is 13.7. The first-order chi connectivity index (χ1) is 19.0. The lowest BCUT2D eigenvalue weighted by molar-refractivity contribution is -0.122. The first-order valence-corrected chi connectivity index (χ1v) is 15.1. The van der Waals surface area contributed by atoms with Crippen molar-refractivity contribution in [2.24, 2.45) is 0 Å². The number of pyridine rings is 1. The molecule has 1 aromatic carbocycles. The molecular formula is C30H35N5O2S2. The molecule has 0 N–H and O–H groups in total. The number of unbranched alkanes of at least 4 members (excludes halogenated alkanes) is 4. The summed E-state index contributed by atoms with van der Waals surface area (Å²) in [7, 11) is 0. The number of aromatic nitrogens is 2. The van der Waals surface area contributed by atoms with E-state index in [0.717, 1.165) is 45.6 Å². The largest absolute Gasteiger partial charge is 0.353 e. The summed E-state index contributed by atoms with van der Waals surface area (Å²) in [6.07, 6.45) is 9.02. The molecule has 0 bridgehead atoms. The van der Waals surface area contributed by atoms with Gasteiger partial charge in [-0.3, -0.25) is 23.8 Å². The number of hydrogen-bond donors (Lipinski definition) is 0. The van der Waals surface area contributed by atoms with Gasteiger partial charge < -0.3 is 4.90 Å². The number of carbonyl (C=O) groups is 1. The fourth-order valence-electron chi connectivity index (χ4n) is 5.12. The van der Waals surface area contributed by atoms with Crippen LogP contribution >= 0.6 is 24.0 Å². The molecule has 2 aliphatic heterocycles. The van der Waals surface area contributed by atoms with E-state index in [-0.39, 0.29) is 11.5 Å². The lowest BCUT2D eigenvalue weighted by atomic mass is 10.1. The average Bonchev–Trinajstić information content (AvgIpc) is 3.22. The Labute approximate surface area is 239 Å². The van der Waals surface area contributed by atoms with Crippen LogP contribution in [0, 0.1) is 0 Å². The molecule has 4 heterocycles. The van der Waals surface area contributed by atoms with Gasteiger partial charge in [0.1, 0.15) is 15.8 Å². The van der Waals surface area contributed by atoms with Crippen LogP contribution in [0.3, 0.4) is 0 Å². The predicted molar refractivity (Wildman–Crippen MR) is 164 cm³/mol. The summed E-state index contributed by atoms with van der Waals surface area (Å²) in [6.45, 7) is 6.95. The van der Waals surface area contributed by atoms with Gasteiger partial charge in [0.05, 0.1) is 10.5 Å². The summed E-state index contributed by atoms with van der Waals surface area (Å²) in [4.78, 5) is 38.7. The van der Waals surface area contributed by atoms with Gasteiger partial charge >= 0.3 is 0 Å². The zero-order valence-electron chi connectivity index (χ0n) is 22.4. The lowest BCUT2D eigenvalue weighted by Gasteiger charge is -2.36. The van der Waals surface area contributed by atoms with Gasteiger partial charge in [0.15, 0.2) is 0 Å². The Kier molecular flexibility index (Phi) is 9.11. The van der Waals surface area contributed by atoms with Crippen LogP contribution in [0.15, 0.2) is 64.4 Å². The normalized spacial score (nSPS) is 17.6. The number of nitrogens with zero attached hydrogens (tertiary/aromatic N) is 5. The van der Waals surface area contributed by atoms with Crippen LogP contribution in [0.1, 0.15) is 50.2 Å². The van der Waals surface area contributed by atoms with Gasteiger partial charge in [-0.25, -0.2) is 4.98 Å². The Balaban J connectivity index is 1.38. The Morgan fingerprint density at radius 2 is 1.69 bits per heavy atom. The van der Waals surface area contributed by atoms with E-state index >= 15 is 0 Å². The van der Waals surface area contributed by atoms with Crippen molar-refractivity contribution in [3.63, 3.8) is 0 Å². The third kappa shape index (κ3) is 6.42. The maximum Gasteiger partial charge on any atom is 0.267 e. The molecule has 39 heavy (non-hydrogen) atoms. The van der Waals surface area contributed by atoms with Crippen LogP contribution in [0.4, 0.5) is 5.82 Å². The molecule has 3 aromatic rings. The van der Waals surface area contributed by atoms with Crippen molar-refractivity contribution in [3.8, 4) is 0 Å². The molecule has 2 fully saturated rings. The number of benzene rings is 1. The van der Waals surface area contributed by atoms with Crippen LogP contribution in [-0.4, -0.2) is 62.1 Å². The molecule has 204 valence electrons. The van der Waals surface area contributed by atoms with E-state index in [0.29, 0.717) is 32.8 Å². The van der Waals surface area contributed by atoms with E-state index in [9.17, 15) is 9.59 Å². The topological polar surface area (TPSA) is 61.2 Å². The standard InChI is InChI=1S/C30H35N5O2S2/c1-2-3-4-5-10-16-35-29(37)25(39-30(35)38)21-24-27(31-26-14-9-11-15-34(26)28(24)36)33-19-17-32(18-20-33)22-23-12-7-6-8-13-23/h6-9,11-15,21H,2-5,10,16-20,22H2,1H3. The number of hydrogen-bond acceptors (Lipinski definition) is 7.